The lowest BCUT2D eigenvalue weighted by molar-refractivity contribution is -0.137. The molecule has 0 spiro atoms. The van der Waals surface area contributed by atoms with Crippen LogP contribution in [0.4, 0.5) is 21.0 Å². The fourth-order valence-corrected chi connectivity index (χ4v) is 8.12. The first-order valence-electron chi connectivity index (χ1n) is 17.9. The maximum absolute atomic E-state index is 14.2. The van der Waals surface area contributed by atoms with Gasteiger partial charge in [-0.05, 0) is 112 Å². The molecule has 0 saturated carbocycles. The number of amides is 6. The van der Waals surface area contributed by atoms with E-state index in [0.717, 1.165) is 5.69 Å². The topological polar surface area (TPSA) is 190 Å². The minimum Gasteiger partial charge on any atom is -0.506 e. The fraction of sp³-hybridized carbons (Fsp3) is 0.432. The number of urea groups is 2. The highest BCUT2D eigenvalue weighted by molar-refractivity contribution is 9.11. The van der Waals surface area contributed by atoms with Crippen LogP contribution in [0.15, 0.2) is 75.9 Å². The molecule has 7 N–H and O–H groups in total. The Hall–Kier alpha value is -4.41. The van der Waals surface area contributed by atoms with Crippen molar-refractivity contribution in [2.45, 2.75) is 56.7 Å². The molecular formula is C37H47Br2N9O5. The number of para-hydroxylation sites is 1. The molecule has 1 aromatic heterocycles. The number of pyridine rings is 1. The van der Waals surface area contributed by atoms with E-state index in [0.29, 0.717) is 98.1 Å². The molecule has 2 atom stereocenters. The second kappa shape index (κ2) is 19.1. The van der Waals surface area contributed by atoms with E-state index in [2.05, 4.69) is 52.4 Å². The van der Waals surface area contributed by atoms with Crippen LogP contribution < -0.4 is 31.9 Å². The first-order chi connectivity index (χ1) is 25.5. The first kappa shape index (κ1) is 39.8. The predicted octanol–water partition coefficient (Wildman–Crippen LogP) is 3.95. The Kier molecular flexibility index (Phi) is 14.3. The van der Waals surface area contributed by atoms with Crippen LogP contribution in [0.5, 0.6) is 5.75 Å². The summed E-state index contributed by atoms with van der Waals surface area (Å²) in [6, 6.07) is 13.4. The number of unbranched alkanes of at least 4 members (excludes halogenated alkanes) is 1. The molecule has 3 aromatic rings. The maximum Gasteiger partial charge on any atom is 0.319 e. The Bertz CT molecular complexity index is 1680. The van der Waals surface area contributed by atoms with Crippen LogP contribution in [-0.4, -0.2) is 108 Å². The number of piperidine rings is 1. The minimum absolute atomic E-state index is 0.0109. The van der Waals surface area contributed by atoms with Gasteiger partial charge >= 0.3 is 12.1 Å². The molecule has 14 nitrogen and oxygen atoms in total. The molecule has 2 saturated heterocycles. The highest BCUT2D eigenvalue weighted by Crippen LogP contribution is 2.34. The van der Waals surface area contributed by atoms with Gasteiger partial charge in [-0.15, -0.1) is 0 Å². The number of hydrogen-bond donors (Lipinski definition) is 5. The summed E-state index contributed by atoms with van der Waals surface area (Å²) < 4.78 is 0.847. The largest absolute Gasteiger partial charge is 0.506 e. The molecule has 0 radical (unpaired) electrons. The summed E-state index contributed by atoms with van der Waals surface area (Å²) >= 11 is 6.72. The molecule has 2 aromatic carbocycles. The van der Waals surface area contributed by atoms with E-state index in [1.165, 1.54) is 0 Å². The number of nitrogens with two attached hydrogens (primary N) is 2. The highest BCUT2D eigenvalue weighted by Gasteiger charge is 2.34. The van der Waals surface area contributed by atoms with Gasteiger partial charge in [0.05, 0.1) is 8.95 Å². The lowest BCUT2D eigenvalue weighted by atomic mass is 10.0. The lowest BCUT2D eigenvalue weighted by Crippen LogP contribution is -2.59. The molecule has 6 amide bonds. The number of hydrogen-bond acceptors (Lipinski definition) is 8. The van der Waals surface area contributed by atoms with Gasteiger partial charge in [0.25, 0.3) is 0 Å². The fourth-order valence-electron chi connectivity index (χ4n) is 6.84. The number of nitrogens with zero attached hydrogens (tertiary/aromatic N) is 5. The zero-order valence-corrected chi connectivity index (χ0v) is 32.7. The molecule has 53 heavy (non-hydrogen) atoms. The predicted molar refractivity (Wildman–Crippen MR) is 210 cm³/mol. The van der Waals surface area contributed by atoms with Crippen molar-refractivity contribution in [2.24, 2.45) is 11.5 Å². The molecular weight excluding hydrogens is 810 g/mol. The summed E-state index contributed by atoms with van der Waals surface area (Å²) in [5.41, 5.74) is 13.9. The van der Waals surface area contributed by atoms with E-state index < -0.39 is 30.1 Å². The summed E-state index contributed by atoms with van der Waals surface area (Å²) in [7, 11) is 0. The van der Waals surface area contributed by atoms with Crippen LogP contribution in [0.25, 0.3) is 0 Å². The summed E-state index contributed by atoms with van der Waals surface area (Å²) in [6.45, 7) is 3.40. The third-order valence-corrected chi connectivity index (χ3v) is 10.9. The molecule has 2 aliphatic rings. The summed E-state index contributed by atoms with van der Waals surface area (Å²) in [4.78, 5) is 65.6. The average Bonchev–Trinajstić information content (AvgIpc) is 3.17. The second-order valence-electron chi connectivity index (χ2n) is 13.2. The number of halogens is 2. The number of primary amides is 1. The monoisotopic (exact) mass is 855 g/mol. The Labute approximate surface area is 326 Å². The van der Waals surface area contributed by atoms with Gasteiger partial charge in [-0.1, -0.05) is 18.2 Å². The summed E-state index contributed by atoms with van der Waals surface area (Å²) in [5, 5.41) is 16.2. The SMILES string of the molecule is NCCCC[C@H](NC(=O)[C@H](Cc1cc(Br)c(O)c(Br)c1)NC(=O)N1CCC(N(C(N)=O)c2ccccc2)CC1)C(=O)N1CCN(c2ccncc2)CC1. The van der Waals surface area contributed by atoms with E-state index in [4.69, 9.17) is 11.5 Å². The van der Waals surface area contributed by atoms with Crippen LogP contribution in [0.2, 0.25) is 0 Å². The zero-order valence-electron chi connectivity index (χ0n) is 29.5. The Morgan fingerprint density at radius 3 is 2.11 bits per heavy atom. The minimum atomic E-state index is -1.05. The van der Waals surface area contributed by atoms with Gasteiger partial charge in [-0.25, -0.2) is 9.59 Å². The van der Waals surface area contributed by atoms with E-state index in [9.17, 15) is 24.3 Å². The molecule has 3 heterocycles. The Balaban J connectivity index is 1.29. The molecule has 0 bridgehead atoms. The smallest absolute Gasteiger partial charge is 0.319 e. The van der Waals surface area contributed by atoms with Gasteiger partial charge in [0.1, 0.15) is 17.8 Å². The number of aromatic nitrogens is 1. The number of likely N-dealkylation sites (tertiary alicyclic amines) is 1. The van der Waals surface area contributed by atoms with Crippen molar-refractivity contribution in [3.05, 3.63) is 81.5 Å². The van der Waals surface area contributed by atoms with Gasteiger partial charge < -0.3 is 41.9 Å². The van der Waals surface area contributed by atoms with E-state index in [1.54, 1.807) is 39.2 Å². The van der Waals surface area contributed by atoms with Crippen molar-refractivity contribution >= 4 is 67.1 Å². The Morgan fingerprint density at radius 2 is 1.51 bits per heavy atom. The van der Waals surface area contributed by atoms with Crippen molar-refractivity contribution < 1.29 is 24.3 Å². The number of phenolic OH excluding ortho intramolecular Hbond substituents is 1. The first-order valence-corrected chi connectivity index (χ1v) is 19.4. The Morgan fingerprint density at radius 1 is 0.868 bits per heavy atom. The molecule has 5 rings (SSSR count). The molecule has 2 fully saturated rings. The molecule has 0 unspecified atom stereocenters. The number of nitrogens with one attached hydrogen (secondary N) is 2. The number of aromatic hydroxyl groups is 1. The van der Waals surface area contributed by atoms with Crippen molar-refractivity contribution in [3.8, 4) is 5.75 Å². The van der Waals surface area contributed by atoms with Crippen LogP contribution >= 0.6 is 31.9 Å². The van der Waals surface area contributed by atoms with Crippen molar-refractivity contribution in [1.82, 2.24) is 25.4 Å². The van der Waals surface area contributed by atoms with Gasteiger partial charge in [0.2, 0.25) is 11.8 Å². The quantitative estimate of drug-likeness (QED) is 0.160. The average molecular weight is 858 g/mol. The van der Waals surface area contributed by atoms with Crippen LogP contribution in [0.3, 0.4) is 0 Å². The standard InChI is InChI=1S/C37H47Br2N9O5/c38-29-22-25(23-30(39)33(29)49)24-32(44-37(53)47-16-11-28(12-17-47)48(36(41)52)27-6-2-1-3-7-27)34(50)43-31(8-4-5-13-40)35(51)46-20-18-45(19-21-46)26-9-14-42-15-10-26/h1-3,6-7,9-10,14-15,22-23,28,31-32,49H,4-5,8,11-13,16-21,24,40H2,(H2,41,52)(H,43,50)(H,44,53)/t31-,32-/m0/s1. The molecule has 2 aliphatic heterocycles. The number of rotatable bonds is 13. The molecule has 0 aliphatic carbocycles. The normalized spacial score (nSPS) is 16.1. The molecule has 16 heteroatoms. The van der Waals surface area contributed by atoms with Crippen molar-refractivity contribution in [3.63, 3.8) is 0 Å². The molecule has 284 valence electrons. The zero-order chi connectivity index (χ0) is 37.9. The van der Waals surface area contributed by atoms with Gasteiger partial charge in [-0.2, -0.15) is 0 Å². The van der Waals surface area contributed by atoms with E-state index in [1.807, 2.05) is 42.5 Å². The van der Waals surface area contributed by atoms with Crippen LogP contribution in [-0.2, 0) is 16.0 Å². The number of carbonyl (C=O) groups excluding carboxylic acids is 4. The number of piperazine rings is 1. The highest BCUT2D eigenvalue weighted by atomic mass is 79.9. The number of benzene rings is 2. The third kappa shape index (κ3) is 10.6. The van der Waals surface area contributed by atoms with Crippen molar-refractivity contribution in [2.75, 3.05) is 55.6 Å². The van der Waals surface area contributed by atoms with Gasteiger partial charge in [0, 0.05) is 75.5 Å². The number of anilines is 2. The second-order valence-corrected chi connectivity index (χ2v) is 14.9. The van der Waals surface area contributed by atoms with Gasteiger partial charge in [0.15, 0.2) is 0 Å². The van der Waals surface area contributed by atoms with Crippen LogP contribution in [0, 0.1) is 0 Å². The van der Waals surface area contributed by atoms with E-state index >= 15 is 0 Å². The number of phenols is 1. The number of carbonyl (C=O) groups is 4. The summed E-state index contributed by atoms with van der Waals surface area (Å²) in [5.74, 6) is -0.666. The third-order valence-electron chi connectivity index (χ3n) is 9.70. The maximum atomic E-state index is 14.2. The van der Waals surface area contributed by atoms with Crippen molar-refractivity contribution in [1.29, 1.82) is 0 Å². The van der Waals surface area contributed by atoms with E-state index in [-0.39, 0.29) is 24.1 Å². The van der Waals surface area contributed by atoms with Gasteiger partial charge in [-0.3, -0.25) is 19.5 Å². The van der Waals surface area contributed by atoms with Crippen LogP contribution in [0.1, 0.15) is 37.7 Å². The summed E-state index contributed by atoms with van der Waals surface area (Å²) in [6.07, 6.45) is 6.28. The lowest BCUT2D eigenvalue weighted by Gasteiger charge is -2.38.